The van der Waals surface area contributed by atoms with Crippen LogP contribution >= 0.6 is 0 Å². The van der Waals surface area contributed by atoms with Crippen molar-refractivity contribution in [2.45, 2.75) is 52.2 Å². The van der Waals surface area contributed by atoms with E-state index in [0.29, 0.717) is 6.61 Å². The van der Waals surface area contributed by atoms with Gasteiger partial charge in [0.2, 0.25) is 0 Å². The minimum atomic E-state index is -0.218. The van der Waals surface area contributed by atoms with E-state index < -0.39 is 0 Å². The topological polar surface area (TPSA) is 35.2 Å². The highest BCUT2D eigenvalue weighted by atomic mass is 16.5. The van der Waals surface area contributed by atoms with Gasteiger partial charge in [0.15, 0.2) is 0 Å². The van der Waals surface area contributed by atoms with Crippen LogP contribution in [0.3, 0.4) is 0 Å². The number of hydrogen-bond acceptors (Lipinski definition) is 2. The zero-order chi connectivity index (χ0) is 10.5. The van der Waals surface area contributed by atoms with Crippen molar-refractivity contribution in [2.75, 3.05) is 6.61 Å². The van der Waals surface area contributed by atoms with Crippen LogP contribution in [0.25, 0.3) is 0 Å². The maximum atomic E-state index is 6.02. The molecule has 0 aromatic heterocycles. The normalized spacial score (nSPS) is 14.2. The maximum Gasteiger partial charge on any atom is 0.0776 e. The van der Waals surface area contributed by atoms with E-state index in [1.54, 1.807) is 0 Å². The Labute approximate surface area is 82.2 Å². The van der Waals surface area contributed by atoms with Crippen LogP contribution in [0.4, 0.5) is 0 Å². The highest BCUT2D eigenvalue weighted by Gasteiger charge is 2.25. The average Bonchev–Trinajstić information content (AvgIpc) is 1.99. The quantitative estimate of drug-likeness (QED) is 0.645. The first kappa shape index (κ1) is 12.7. The highest BCUT2D eigenvalue weighted by Crippen LogP contribution is 2.18. The molecule has 1 unspecified atom stereocenters. The Morgan fingerprint density at radius 2 is 2.08 bits per heavy atom. The van der Waals surface area contributed by atoms with Crippen molar-refractivity contribution in [2.24, 2.45) is 5.73 Å². The molecule has 13 heavy (non-hydrogen) atoms. The summed E-state index contributed by atoms with van der Waals surface area (Å²) >= 11 is 0. The Hall–Kier alpha value is -0.340. The van der Waals surface area contributed by atoms with Gasteiger partial charge in [-0.15, -0.1) is 6.58 Å². The van der Waals surface area contributed by atoms with Gasteiger partial charge in [-0.25, -0.2) is 0 Å². The molecule has 0 radical (unpaired) electrons. The summed E-state index contributed by atoms with van der Waals surface area (Å²) < 4.78 is 5.57. The molecule has 0 amide bonds. The van der Waals surface area contributed by atoms with E-state index in [9.17, 15) is 0 Å². The molecule has 1 atom stereocenters. The van der Waals surface area contributed by atoms with Crippen molar-refractivity contribution in [1.29, 1.82) is 0 Å². The van der Waals surface area contributed by atoms with Gasteiger partial charge in [0.1, 0.15) is 0 Å². The predicted molar refractivity (Wildman–Crippen MR) is 57.7 cm³/mol. The van der Waals surface area contributed by atoms with E-state index in [1.165, 1.54) is 5.57 Å². The van der Waals surface area contributed by atoms with Crippen LogP contribution in [0.2, 0.25) is 0 Å². The van der Waals surface area contributed by atoms with Gasteiger partial charge in [-0.05, 0) is 40.5 Å². The number of hydrogen-bond donors (Lipinski definition) is 1. The number of nitrogens with two attached hydrogens (primary N) is 1. The molecule has 0 fully saturated rings. The van der Waals surface area contributed by atoms with Crippen LogP contribution in [-0.2, 0) is 4.74 Å². The van der Waals surface area contributed by atoms with Crippen LogP contribution in [0.5, 0.6) is 0 Å². The summed E-state index contributed by atoms with van der Waals surface area (Å²) in [4.78, 5) is 0. The molecular formula is C11H23NO. The first-order valence-electron chi connectivity index (χ1n) is 4.94. The summed E-state index contributed by atoms with van der Waals surface area (Å²) in [7, 11) is 0. The second kappa shape index (κ2) is 5.40. The minimum absolute atomic E-state index is 0.0872. The molecule has 2 N–H and O–H groups in total. The van der Waals surface area contributed by atoms with Crippen LogP contribution in [-0.4, -0.2) is 18.2 Å². The van der Waals surface area contributed by atoms with Crippen molar-refractivity contribution in [3.8, 4) is 0 Å². The Bertz CT molecular complexity index is 163. The van der Waals surface area contributed by atoms with E-state index in [2.05, 4.69) is 6.58 Å². The summed E-state index contributed by atoms with van der Waals surface area (Å²) in [5.74, 6) is 0. The van der Waals surface area contributed by atoms with E-state index in [4.69, 9.17) is 10.5 Å². The lowest BCUT2D eigenvalue weighted by Gasteiger charge is -2.31. The van der Waals surface area contributed by atoms with E-state index in [-0.39, 0.29) is 11.6 Å². The first-order valence-corrected chi connectivity index (χ1v) is 4.94. The summed E-state index contributed by atoms with van der Waals surface area (Å²) in [6.07, 6.45) is 1.93. The van der Waals surface area contributed by atoms with Crippen molar-refractivity contribution in [3.63, 3.8) is 0 Å². The van der Waals surface area contributed by atoms with Crippen molar-refractivity contribution in [1.82, 2.24) is 0 Å². The maximum absolute atomic E-state index is 6.02. The summed E-state index contributed by atoms with van der Waals surface area (Å²) in [6.45, 7) is 12.7. The third kappa shape index (κ3) is 5.06. The van der Waals surface area contributed by atoms with Gasteiger partial charge in [0, 0.05) is 12.6 Å². The molecule has 2 heteroatoms. The van der Waals surface area contributed by atoms with Crippen LogP contribution in [0.15, 0.2) is 12.2 Å². The Balaban J connectivity index is 3.92. The van der Waals surface area contributed by atoms with Crippen molar-refractivity contribution < 1.29 is 4.74 Å². The summed E-state index contributed by atoms with van der Waals surface area (Å²) in [5, 5.41) is 0. The van der Waals surface area contributed by atoms with Crippen LogP contribution < -0.4 is 5.73 Å². The van der Waals surface area contributed by atoms with Crippen LogP contribution in [0.1, 0.15) is 40.5 Å². The highest BCUT2D eigenvalue weighted by molar-refractivity contribution is 4.92. The molecule has 2 nitrogen and oxygen atoms in total. The van der Waals surface area contributed by atoms with Crippen LogP contribution in [0, 0.1) is 0 Å². The van der Waals surface area contributed by atoms with Gasteiger partial charge in [-0.3, -0.25) is 0 Å². The lowest BCUT2D eigenvalue weighted by atomic mass is 9.94. The molecule has 0 heterocycles. The van der Waals surface area contributed by atoms with Gasteiger partial charge in [-0.2, -0.15) is 0 Å². The number of allylic oxidation sites excluding steroid dienone is 1. The molecule has 78 valence electrons. The zero-order valence-corrected chi connectivity index (χ0v) is 9.39. The lowest BCUT2D eigenvalue weighted by molar-refractivity contribution is -0.0305. The second-order valence-corrected chi connectivity index (χ2v) is 4.14. The average molecular weight is 185 g/mol. The molecule has 0 rings (SSSR count). The molecule has 0 aliphatic rings. The summed E-state index contributed by atoms with van der Waals surface area (Å²) in [5.41, 5.74) is 6.98. The van der Waals surface area contributed by atoms with Gasteiger partial charge in [0.05, 0.1) is 5.60 Å². The SMILES string of the molecule is C=C(C)CCC(N)C(C)(C)OCC. The Morgan fingerprint density at radius 3 is 2.46 bits per heavy atom. The van der Waals surface area contributed by atoms with Crippen molar-refractivity contribution >= 4 is 0 Å². The van der Waals surface area contributed by atoms with Crippen molar-refractivity contribution in [3.05, 3.63) is 12.2 Å². The monoisotopic (exact) mass is 185 g/mol. The molecular weight excluding hydrogens is 162 g/mol. The molecule has 0 aromatic carbocycles. The third-order valence-electron chi connectivity index (χ3n) is 2.29. The number of rotatable bonds is 6. The molecule has 0 spiro atoms. The number of ether oxygens (including phenoxy) is 1. The largest absolute Gasteiger partial charge is 0.374 e. The van der Waals surface area contributed by atoms with Gasteiger partial charge in [0.25, 0.3) is 0 Å². The molecule has 0 saturated heterocycles. The smallest absolute Gasteiger partial charge is 0.0776 e. The molecule has 0 aliphatic heterocycles. The fourth-order valence-electron chi connectivity index (χ4n) is 1.23. The van der Waals surface area contributed by atoms with Gasteiger partial charge < -0.3 is 10.5 Å². The summed E-state index contributed by atoms with van der Waals surface area (Å²) in [6, 6.07) is 0.0872. The van der Waals surface area contributed by atoms with E-state index in [0.717, 1.165) is 12.8 Å². The van der Waals surface area contributed by atoms with Gasteiger partial charge >= 0.3 is 0 Å². The molecule has 0 bridgehead atoms. The first-order chi connectivity index (χ1) is 5.90. The Morgan fingerprint density at radius 1 is 1.54 bits per heavy atom. The molecule has 0 saturated carbocycles. The van der Waals surface area contributed by atoms with E-state index in [1.807, 2.05) is 27.7 Å². The standard InChI is InChI=1S/C11H23NO/c1-6-13-11(4,5)10(12)8-7-9(2)3/h10H,2,6-8,12H2,1,3-5H3. The Kier molecular flexibility index (Phi) is 5.26. The minimum Gasteiger partial charge on any atom is -0.374 e. The fourth-order valence-corrected chi connectivity index (χ4v) is 1.23. The molecule has 0 aromatic rings. The predicted octanol–water partition coefficient (Wildman–Crippen LogP) is 2.49. The molecule has 0 aliphatic carbocycles. The van der Waals surface area contributed by atoms with E-state index >= 15 is 0 Å². The lowest BCUT2D eigenvalue weighted by Crippen LogP contribution is -2.45. The fraction of sp³-hybridized carbons (Fsp3) is 0.818. The third-order valence-corrected chi connectivity index (χ3v) is 2.29. The second-order valence-electron chi connectivity index (χ2n) is 4.14. The zero-order valence-electron chi connectivity index (χ0n) is 9.39. The van der Waals surface area contributed by atoms with Gasteiger partial charge in [-0.1, -0.05) is 5.57 Å².